The van der Waals surface area contributed by atoms with Crippen LogP contribution in [0.15, 0.2) is 30.3 Å². The minimum Gasteiger partial charge on any atom is -1.00 e. The molecule has 1 rings (SSSR count). The second-order valence-electron chi connectivity index (χ2n) is 16.3. The number of unbranched alkanes of at least 4 members (excludes halogenated alkanes) is 27. The van der Waals surface area contributed by atoms with Gasteiger partial charge < -0.3 is 16.9 Å². The van der Waals surface area contributed by atoms with Gasteiger partial charge in [-0.25, -0.2) is 0 Å². The van der Waals surface area contributed by atoms with E-state index in [1.165, 1.54) is 228 Å². The minimum absolute atomic E-state index is 0. The van der Waals surface area contributed by atoms with Gasteiger partial charge in [-0.15, -0.1) is 0 Å². The number of nitrogens with zero attached hydrogens (tertiary/aromatic N) is 1. The highest BCUT2D eigenvalue weighted by molar-refractivity contribution is 5.13. The van der Waals surface area contributed by atoms with Crippen molar-refractivity contribution in [3.05, 3.63) is 35.9 Å². The molecule has 0 saturated carbocycles. The monoisotopic (exact) mass is 690 g/mol. The van der Waals surface area contributed by atoms with Gasteiger partial charge in [0.1, 0.15) is 6.54 Å². The molecule has 0 heterocycles. The first kappa shape index (κ1) is 47.5. The molecule has 0 N–H and O–H groups in total. The van der Waals surface area contributed by atoms with E-state index in [0.717, 1.165) is 0 Å². The highest BCUT2D eigenvalue weighted by atomic mass is 35.5. The van der Waals surface area contributed by atoms with E-state index in [1.54, 1.807) is 0 Å². The molecule has 0 aliphatic carbocycles. The third kappa shape index (κ3) is 24.6. The molecule has 0 aliphatic rings. The highest BCUT2D eigenvalue weighted by Gasteiger charge is 2.43. The summed E-state index contributed by atoms with van der Waals surface area (Å²) >= 11 is 0. The Hall–Kier alpha value is -0.530. The molecule has 48 heavy (non-hydrogen) atoms. The molecule has 2 heteroatoms. The molecule has 284 valence electrons. The van der Waals surface area contributed by atoms with Crippen LogP contribution in [0.5, 0.6) is 0 Å². The maximum atomic E-state index is 2.61. The third-order valence-corrected chi connectivity index (χ3v) is 11.7. The zero-order valence-electron chi connectivity index (χ0n) is 33.8. The van der Waals surface area contributed by atoms with E-state index in [-0.39, 0.29) is 12.4 Å². The van der Waals surface area contributed by atoms with Gasteiger partial charge in [0.15, 0.2) is 0 Å². The van der Waals surface area contributed by atoms with Crippen LogP contribution in [0.1, 0.15) is 238 Å². The van der Waals surface area contributed by atoms with Crippen LogP contribution in [-0.4, -0.2) is 24.1 Å². The first-order chi connectivity index (χ1) is 23.0. The van der Waals surface area contributed by atoms with E-state index in [2.05, 4.69) is 65.2 Å². The quantitative estimate of drug-likeness (QED) is 0.0486. The normalized spacial score (nSPS) is 12.0. The Morgan fingerprint density at radius 1 is 0.375 bits per heavy atom. The molecule has 0 aromatic heterocycles. The molecule has 0 fully saturated rings. The second-order valence-corrected chi connectivity index (χ2v) is 16.3. The van der Waals surface area contributed by atoms with Crippen molar-refractivity contribution in [2.75, 3.05) is 14.1 Å². The van der Waals surface area contributed by atoms with Gasteiger partial charge in [0, 0.05) is 24.8 Å². The van der Waals surface area contributed by atoms with Gasteiger partial charge in [-0.05, 0) is 19.3 Å². The van der Waals surface area contributed by atoms with Crippen LogP contribution in [0.3, 0.4) is 0 Å². The predicted molar refractivity (Wildman–Crippen MR) is 214 cm³/mol. The summed E-state index contributed by atoms with van der Waals surface area (Å²) in [6.45, 7) is 8.15. The van der Waals surface area contributed by atoms with Crippen molar-refractivity contribution < 1.29 is 16.9 Å². The van der Waals surface area contributed by atoms with Crippen molar-refractivity contribution in [3.8, 4) is 0 Å². The fourth-order valence-corrected chi connectivity index (χ4v) is 8.32. The van der Waals surface area contributed by atoms with Crippen molar-refractivity contribution in [2.45, 2.75) is 245 Å². The Kier molecular flexibility index (Phi) is 33.2. The average Bonchev–Trinajstić information content (AvgIpc) is 3.07. The van der Waals surface area contributed by atoms with Gasteiger partial charge in [0.2, 0.25) is 0 Å². The number of hydrogen-bond acceptors (Lipinski definition) is 0. The number of hydrogen-bond donors (Lipinski definition) is 0. The van der Waals surface area contributed by atoms with Crippen LogP contribution >= 0.6 is 0 Å². The lowest BCUT2D eigenvalue weighted by atomic mass is 9.78. The molecule has 0 radical (unpaired) electrons. The molecule has 1 aromatic rings. The van der Waals surface area contributed by atoms with E-state index in [0.29, 0.717) is 5.54 Å². The third-order valence-electron chi connectivity index (χ3n) is 11.7. The lowest BCUT2D eigenvalue weighted by Crippen LogP contribution is -3.00. The van der Waals surface area contributed by atoms with Crippen LogP contribution in [0.25, 0.3) is 0 Å². The van der Waals surface area contributed by atoms with Crippen LogP contribution in [0, 0.1) is 0 Å². The fourth-order valence-electron chi connectivity index (χ4n) is 8.32. The van der Waals surface area contributed by atoms with Crippen molar-refractivity contribution in [1.29, 1.82) is 0 Å². The van der Waals surface area contributed by atoms with Crippen molar-refractivity contribution in [1.82, 2.24) is 0 Å². The zero-order chi connectivity index (χ0) is 34.2. The molecule has 0 unspecified atom stereocenters. The summed E-state index contributed by atoms with van der Waals surface area (Å²) < 4.78 is 1.17. The average molecular weight is 691 g/mol. The summed E-state index contributed by atoms with van der Waals surface area (Å²) in [4.78, 5) is 0. The Balaban J connectivity index is 0.0000221. The largest absolute Gasteiger partial charge is 1.00 e. The summed E-state index contributed by atoms with van der Waals surface area (Å²) in [7, 11) is 5.21. The summed E-state index contributed by atoms with van der Waals surface area (Å²) in [5.74, 6) is 0. The van der Waals surface area contributed by atoms with Crippen LogP contribution in [0.2, 0.25) is 0 Å². The lowest BCUT2D eigenvalue weighted by molar-refractivity contribution is -0.956. The van der Waals surface area contributed by atoms with Gasteiger partial charge in [0.05, 0.1) is 19.6 Å². The minimum atomic E-state index is 0. The number of quaternary nitrogens is 1. The van der Waals surface area contributed by atoms with E-state index in [9.17, 15) is 0 Å². The number of benzene rings is 1. The molecule has 1 nitrogen and oxygen atoms in total. The lowest BCUT2D eigenvalue weighted by Gasteiger charge is -2.50. The Labute approximate surface area is 310 Å². The van der Waals surface area contributed by atoms with Gasteiger partial charge in [-0.1, -0.05) is 224 Å². The van der Waals surface area contributed by atoms with E-state index in [1.807, 2.05) is 0 Å². The maximum absolute atomic E-state index is 2.61. The van der Waals surface area contributed by atoms with Gasteiger partial charge in [-0.3, -0.25) is 0 Å². The Bertz CT molecular complexity index is 699. The SMILES string of the molecule is CCCCCCCCCCCCC(CCCCCCCCCCCC)(CCCCCCCCCCCC)[N+](C)(C)Cc1ccccc1.[Cl-]. The summed E-state index contributed by atoms with van der Waals surface area (Å²) in [6, 6.07) is 11.5. The van der Waals surface area contributed by atoms with Gasteiger partial charge >= 0.3 is 0 Å². The highest BCUT2D eigenvalue weighted by Crippen LogP contribution is 2.39. The molecule has 1 aromatic carbocycles. The smallest absolute Gasteiger partial charge is 0.104 e. The Morgan fingerprint density at radius 3 is 0.896 bits per heavy atom. The first-order valence-electron chi connectivity index (χ1n) is 21.9. The second kappa shape index (κ2) is 33.6. The molecule has 0 saturated heterocycles. The summed E-state index contributed by atoms with van der Waals surface area (Å²) in [6.07, 6.45) is 47.5. The van der Waals surface area contributed by atoms with E-state index < -0.39 is 0 Å². The van der Waals surface area contributed by atoms with Gasteiger partial charge in [-0.2, -0.15) is 0 Å². The molecule has 0 aliphatic heterocycles. The first-order valence-corrected chi connectivity index (χ1v) is 21.9. The fraction of sp³-hybridized carbons (Fsp3) is 0.870. The molecule has 0 amide bonds. The Morgan fingerprint density at radius 2 is 0.625 bits per heavy atom. The molecular weight excluding hydrogens is 602 g/mol. The molecular formula is C46H88ClN. The predicted octanol–water partition coefficient (Wildman–Crippen LogP) is 12.9. The van der Waals surface area contributed by atoms with Crippen molar-refractivity contribution >= 4 is 0 Å². The number of rotatable bonds is 36. The van der Waals surface area contributed by atoms with E-state index in [4.69, 9.17) is 0 Å². The molecule has 0 bridgehead atoms. The standard InChI is InChI=1S/C46H88N.ClH/c1-6-9-12-15-18-21-24-27-30-36-41-46(47(4,5)44-45-39-34-33-35-40-45,42-37-31-28-25-22-19-16-13-10-7-2)43-38-32-29-26-23-20-17-14-11-8-3;/h33-35,39-40H,6-32,36-38,41-44H2,1-5H3;1H/q+1;/p-1. The van der Waals surface area contributed by atoms with E-state index >= 15 is 0 Å². The molecule has 0 atom stereocenters. The van der Waals surface area contributed by atoms with Crippen molar-refractivity contribution in [2.24, 2.45) is 0 Å². The topological polar surface area (TPSA) is 0 Å². The summed E-state index contributed by atoms with van der Waals surface area (Å²) in [5, 5.41) is 0. The van der Waals surface area contributed by atoms with Crippen molar-refractivity contribution in [3.63, 3.8) is 0 Å². The summed E-state index contributed by atoms with van der Waals surface area (Å²) in [5.41, 5.74) is 1.94. The van der Waals surface area contributed by atoms with Gasteiger partial charge in [0.25, 0.3) is 0 Å². The van der Waals surface area contributed by atoms with Crippen LogP contribution < -0.4 is 12.4 Å². The molecule has 0 spiro atoms. The maximum Gasteiger partial charge on any atom is 0.104 e. The zero-order valence-corrected chi connectivity index (χ0v) is 34.5. The van der Waals surface area contributed by atoms with Crippen LogP contribution in [0.4, 0.5) is 0 Å². The number of halogens is 1. The van der Waals surface area contributed by atoms with Crippen LogP contribution in [-0.2, 0) is 6.54 Å².